The van der Waals surface area contributed by atoms with Crippen molar-refractivity contribution in [2.45, 2.75) is 18.9 Å². The first-order valence-corrected chi connectivity index (χ1v) is 7.74. The summed E-state index contributed by atoms with van der Waals surface area (Å²) in [6, 6.07) is 3.99. The molecule has 2 fully saturated rings. The smallest absolute Gasteiger partial charge is 0.130 e. The van der Waals surface area contributed by atoms with E-state index in [1.54, 1.807) is 0 Å². The molecule has 2 heterocycles. The lowest BCUT2D eigenvalue weighted by atomic mass is 9.85. The lowest BCUT2D eigenvalue weighted by Gasteiger charge is -2.41. The van der Waals surface area contributed by atoms with Gasteiger partial charge < -0.3 is 10.1 Å². The minimum absolute atomic E-state index is 0.183. The van der Waals surface area contributed by atoms with Gasteiger partial charge in [-0.1, -0.05) is 6.07 Å². The van der Waals surface area contributed by atoms with E-state index in [0.29, 0.717) is 13.2 Å². The van der Waals surface area contributed by atoms with Gasteiger partial charge in [-0.05, 0) is 30.9 Å². The van der Waals surface area contributed by atoms with E-state index in [0.717, 1.165) is 39.0 Å². The van der Waals surface area contributed by atoms with Gasteiger partial charge in [0.2, 0.25) is 0 Å². The molecule has 21 heavy (non-hydrogen) atoms. The lowest BCUT2D eigenvalue weighted by molar-refractivity contribution is 0.0192. The molecule has 0 bridgehead atoms. The zero-order valence-electron chi connectivity index (χ0n) is 12.2. The first kappa shape index (κ1) is 14.9. The molecule has 0 aliphatic carbocycles. The average molecular weight is 296 g/mol. The van der Waals surface area contributed by atoms with Crippen LogP contribution in [0.1, 0.15) is 24.4 Å². The van der Waals surface area contributed by atoms with Gasteiger partial charge in [0.05, 0.1) is 0 Å². The normalized spacial score (nSPS) is 23.1. The summed E-state index contributed by atoms with van der Waals surface area (Å²) in [5.41, 5.74) is 0.242. The van der Waals surface area contributed by atoms with Crippen molar-refractivity contribution in [3.05, 3.63) is 35.4 Å². The molecular formula is C16H22F2N2O. The van der Waals surface area contributed by atoms with Crippen molar-refractivity contribution in [2.24, 2.45) is 5.92 Å². The Kier molecular flexibility index (Phi) is 4.83. The zero-order valence-corrected chi connectivity index (χ0v) is 12.2. The number of nitrogens with one attached hydrogen (secondary N) is 1. The molecule has 0 unspecified atom stereocenters. The highest BCUT2D eigenvalue weighted by atomic mass is 19.1. The van der Waals surface area contributed by atoms with Gasteiger partial charge in [0, 0.05) is 51.0 Å². The molecule has 5 heteroatoms. The fraction of sp³-hybridized carbons (Fsp3) is 0.625. The highest BCUT2D eigenvalue weighted by Crippen LogP contribution is 2.37. The molecule has 0 spiro atoms. The van der Waals surface area contributed by atoms with Gasteiger partial charge >= 0.3 is 0 Å². The quantitative estimate of drug-likeness (QED) is 0.926. The van der Waals surface area contributed by atoms with Crippen molar-refractivity contribution < 1.29 is 13.5 Å². The molecule has 2 aliphatic heterocycles. The summed E-state index contributed by atoms with van der Waals surface area (Å²) in [6.07, 6.45) is 1.73. The van der Waals surface area contributed by atoms with Crippen molar-refractivity contribution in [2.75, 3.05) is 39.4 Å². The highest BCUT2D eigenvalue weighted by Gasteiger charge is 2.34. The van der Waals surface area contributed by atoms with Crippen LogP contribution in [0.25, 0.3) is 0 Å². The van der Waals surface area contributed by atoms with E-state index in [1.165, 1.54) is 18.2 Å². The van der Waals surface area contributed by atoms with Crippen LogP contribution in [-0.2, 0) is 4.74 Å². The molecule has 0 radical (unpaired) electrons. The lowest BCUT2D eigenvalue weighted by Crippen LogP contribution is -2.48. The van der Waals surface area contributed by atoms with Crippen LogP contribution in [0.4, 0.5) is 8.78 Å². The van der Waals surface area contributed by atoms with Crippen LogP contribution in [0.2, 0.25) is 0 Å². The Morgan fingerprint density at radius 1 is 1.10 bits per heavy atom. The maximum absolute atomic E-state index is 14.3. The van der Waals surface area contributed by atoms with Gasteiger partial charge in [-0.3, -0.25) is 4.90 Å². The summed E-state index contributed by atoms with van der Waals surface area (Å²) < 4.78 is 34.0. The summed E-state index contributed by atoms with van der Waals surface area (Å²) in [5, 5.41) is 3.30. The van der Waals surface area contributed by atoms with E-state index in [-0.39, 0.29) is 17.5 Å². The van der Waals surface area contributed by atoms with E-state index >= 15 is 0 Å². The predicted molar refractivity (Wildman–Crippen MR) is 77.1 cm³/mol. The van der Waals surface area contributed by atoms with Crippen LogP contribution in [0.15, 0.2) is 18.2 Å². The minimum atomic E-state index is -0.426. The number of ether oxygens (including phenoxy) is 1. The Balaban J connectivity index is 1.94. The molecule has 116 valence electrons. The zero-order chi connectivity index (χ0) is 14.7. The molecule has 0 amide bonds. The SMILES string of the molecule is Fc1cccc(F)c1[C@@H](C1CCOCC1)N1CCNCC1. The van der Waals surface area contributed by atoms with Crippen LogP contribution in [0, 0.1) is 17.6 Å². The summed E-state index contributed by atoms with van der Waals surface area (Å²) in [4.78, 5) is 2.23. The summed E-state index contributed by atoms with van der Waals surface area (Å²) in [7, 11) is 0. The van der Waals surface area contributed by atoms with Crippen LogP contribution in [0.3, 0.4) is 0 Å². The van der Waals surface area contributed by atoms with Crippen LogP contribution >= 0.6 is 0 Å². The maximum atomic E-state index is 14.3. The first-order valence-electron chi connectivity index (χ1n) is 7.74. The van der Waals surface area contributed by atoms with Crippen molar-refractivity contribution in [3.8, 4) is 0 Å². The maximum Gasteiger partial charge on any atom is 0.130 e. The Morgan fingerprint density at radius 2 is 1.71 bits per heavy atom. The number of rotatable bonds is 3. The number of piperazine rings is 1. The second-order valence-electron chi connectivity index (χ2n) is 5.82. The molecule has 1 N–H and O–H groups in total. The first-order chi connectivity index (χ1) is 10.3. The molecule has 2 aliphatic rings. The van der Waals surface area contributed by atoms with Crippen molar-refractivity contribution in [3.63, 3.8) is 0 Å². The van der Waals surface area contributed by atoms with Gasteiger partial charge in [-0.25, -0.2) is 8.78 Å². The topological polar surface area (TPSA) is 24.5 Å². The fourth-order valence-electron chi connectivity index (χ4n) is 3.50. The molecule has 0 aromatic heterocycles. The van der Waals surface area contributed by atoms with Crippen molar-refractivity contribution in [1.29, 1.82) is 0 Å². The number of halogens is 2. The van der Waals surface area contributed by atoms with E-state index in [2.05, 4.69) is 10.2 Å². The van der Waals surface area contributed by atoms with E-state index in [4.69, 9.17) is 4.74 Å². The van der Waals surface area contributed by atoms with E-state index < -0.39 is 11.6 Å². The largest absolute Gasteiger partial charge is 0.381 e. The minimum Gasteiger partial charge on any atom is -0.381 e. The third kappa shape index (κ3) is 3.25. The standard InChI is InChI=1S/C16H22F2N2O/c17-13-2-1-3-14(18)15(13)16(12-4-10-21-11-5-12)20-8-6-19-7-9-20/h1-3,12,16,19H,4-11H2/t16-/m1/s1. The van der Waals surface area contributed by atoms with Gasteiger partial charge in [-0.15, -0.1) is 0 Å². The molecule has 3 nitrogen and oxygen atoms in total. The van der Waals surface area contributed by atoms with E-state index in [1.807, 2.05) is 0 Å². The second kappa shape index (κ2) is 6.81. The summed E-state index contributed by atoms with van der Waals surface area (Å²) in [6.45, 7) is 4.77. The molecular weight excluding hydrogens is 274 g/mol. The number of nitrogens with zero attached hydrogens (tertiary/aromatic N) is 1. The Bertz CT molecular complexity index is 433. The van der Waals surface area contributed by atoms with Gasteiger partial charge in [0.15, 0.2) is 0 Å². The number of benzene rings is 1. The molecule has 1 aromatic rings. The third-order valence-electron chi connectivity index (χ3n) is 4.55. The van der Waals surface area contributed by atoms with Gasteiger partial charge in [-0.2, -0.15) is 0 Å². The molecule has 0 saturated carbocycles. The summed E-state index contributed by atoms with van der Waals surface area (Å²) >= 11 is 0. The molecule has 1 atom stereocenters. The third-order valence-corrected chi connectivity index (χ3v) is 4.55. The molecule has 3 rings (SSSR count). The Hall–Kier alpha value is -1.04. The molecule has 2 saturated heterocycles. The van der Waals surface area contributed by atoms with Gasteiger partial charge in [0.25, 0.3) is 0 Å². The second-order valence-corrected chi connectivity index (χ2v) is 5.82. The van der Waals surface area contributed by atoms with Crippen LogP contribution in [-0.4, -0.2) is 44.3 Å². The van der Waals surface area contributed by atoms with E-state index in [9.17, 15) is 8.78 Å². The number of hydrogen-bond donors (Lipinski definition) is 1. The Morgan fingerprint density at radius 3 is 2.33 bits per heavy atom. The van der Waals surface area contributed by atoms with Crippen molar-refractivity contribution >= 4 is 0 Å². The van der Waals surface area contributed by atoms with Gasteiger partial charge in [0.1, 0.15) is 11.6 Å². The summed E-state index contributed by atoms with van der Waals surface area (Å²) in [5.74, 6) is -0.599. The van der Waals surface area contributed by atoms with Crippen LogP contribution in [0.5, 0.6) is 0 Å². The number of hydrogen-bond acceptors (Lipinski definition) is 3. The predicted octanol–water partition coefficient (Wildman–Crippen LogP) is 2.34. The Labute approximate surface area is 124 Å². The molecule has 1 aromatic carbocycles. The van der Waals surface area contributed by atoms with Crippen molar-refractivity contribution in [1.82, 2.24) is 10.2 Å². The average Bonchev–Trinajstić information content (AvgIpc) is 2.53. The van der Waals surface area contributed by atoms with Crippen LogP contribution < -0.4 is 5.32 Å². The monoisotopic (exact) mass is 296 g/mol. The highest BCUT2D eigenvalue weighted by molar-refractivity contribution is 5.24. The fourth-order valence-corrected chi connectivity index (χ4v) is 3.50.